The van der Waals surface area contributed by atoms with Crippen molar-refractivity contribution in [2.75, 3.05) is 18.0 Å². The van der Waals surface area contributed by atoms with Crippen LogP contribution in [0.4, 0.5) is 11.5 Å². The fraction of sp³-hybridized carbons (Fsp3) is 0.259. The van der Waals surface area contributed by atoms with Crippen molar-refractivity contribution in [2.45, 2.75) is 31.8 Å². The van der Waals surface area contributed by atoms with Crippen LogP contribution >= 0.6 is 0 Å². The Bertz CT molecular complexity index is 1370. The second-order valence-corrected chi connectivity index (χ2v) is 8.95. The first-order valence-electron chi connectivity index (χ1n) is 11.7. The molecule has 1 N–H and O–H groups in total. The summed E-state index contributed by atoms with van der Waals surface area (Å²) in [5, 5.41) is 9.48. The molecule has 34 heavy (non-hydrogen) atoms. The summed E-state index contributed by atoms with van der Waals surface area (Å²) in [6.07, 6.45) is 5.98. The van der Waals surface area contributed by atoms with Gasteiger partial charge in [0.25, 0.3) is 0 Å². The van der Waals surface area contributed by atoms with Crippen molar-refractivity contribution in [3.05, 3.63) is 78.2 Å². The number of aliphatic carboxylic acids is 1. The molecule has 2 aromatic heterocycles. The quantitative estimate of drug-likeness (QED) is 0.480. The maximum atomic E-state index is 11.5. The first kappa shape index (κ1) is 20.7. The van der Waals surface area contributed by atoms with Gasteiger partial charge in [0.15, 0.2) is 5.82 Å². The highest BCUT2D eigenvalue weighted by Crippen LogP contribution is 2.40. The van der Waals surface area contributed by atoms with Crippen LogP contribution in [0.5, 0.6) is 0 Å². The van der Waals surface area contributed by atoms with Gasteiger partial charge in [0.2, 0.25) is 0 Å². The second-order valence-electron chi connectivity index (χ2n) is 8.95. The number of carboxylic acid groups (broad SMARTS) is 1. The maximum Gasteiger partial charge on any atom is 0.320 e. The van der Waals surface area contributed by atoms with Gasteiger partial charge < -0.3 is 10.0 Å². The second kappa shape index (κ2) is 8.50. The van der Waals surface area contributed by atoms with E-state index >= 15 is 0 Å². The van der Waals surface area contributed by atoms with Crippen molar-refractivity contribution >= 4 is 28.5 Å². The van der Waals surface area contributed by atoms with E-state index in [9.17, 15) is 9.90 Å². The maximum absolute atomic E-state index is 11.5. The minimum absolute atomic E-state index is 0.420. The minimum atomic E-state index is -0.751. The summed E-state index contributed by atoms with van der Waals surface area (Å²) in [6.45, 7) is 2.19. The lowest BCUT2D eigenvalue weighted by atomic mass is 9.98. The average molecular weight is 452 g/mol. The number of rotatable bonds is 5. The van der Waals surface area contributed by atoms with E-state index in [1.807, 2.05) is 23.2 Å². The van der Waals surface area contributed by atoms with Crippen LogP contribution in [0.25, 0.3) is 22.2 Å². The fourth-order valence-electron chi connectivity index (χ4n) is 5.33. The van der Waals surface area contributed by atoms with Crippen molar-refractivity contribution in [1.29, 1.82) is 0 Å². The Morgan fingerprint density at radius 2 is 1.91 bits per heavy atom. The zero-order valence-electron chi connectivity index (χ0n) is 18.8. The number of carboxylic acids is 1. The standard InChI is InChI=1S/C27H25N5O2/c33-27(34)24-10-5-12-31(24)16-18-14-22-25(28-15-18)26(30-17-29-22)32-13-11-21-20(8-4-9-23(21)32)19-6-2-1-3-7-19/h1-4,6-9,14-15,17,24H,5,10-13,16H2,(H,33,34)/t24-/m1/s1. The van der Waals surface area contributed by atoms with E-state index in [0.29, 0.717) is 13.0 Å². The van der Waals surface area contributed by atoms with Crippen LogP contribution in [0.3, 0.4) is 0 Å². The van der Waals surface area contributed by atoms with Crippen LogP contribution in [0, 0.1) is 0 Å². The lowest BCUT2D eigenvalue weighted by Gasteiger charge is -2.22. The molecule has 0 amide bonds. The monoisotopic (exact) mass is 451 g/mol. The predicted octanol–water partition coefficient (Wildman–Crippen LogP) is 4.44. The molecule has 2 aliphatic heterocycles. The molecule has 4 heterocycles. The Kier molecular flexibility index (Phi) is 5.19. The molecule has 0 unspecified atom stereocenters. The van der Waals surface area contributed by atoms with Gasteiger partial charge in [0.05, 0.1) is 5.52 Å². The van der Waals surface area contributed by atoms with Gasteiger partial charge in [-0.25, -0.2) is 9.97 Å². The van der Waals surface area contributed by atoms with Crippen LogP contribution in [0.15, 0.2) is 67.1 Å². The van der Waals surface area contributed by atoms with Gasteiger partial charge in [0, 0.05) is 25.0 Å². The Labute approximate surface area is 197 Å². The molecule has 0 radical (unpaired) electrons. The highest BCUT2D eigenvalue weighted by molar-refractivity contribution is 5.90. The molecule has 7 nitrogen and oxygen atoms in total. The lowest BCUT2D eigenvalue weighted by Crippen LogP contribution is -2.35. The van der Waals surface area contributed by atoms with Crippen LogP contribution in [0.1, 0.15) is 24.0 Å². The van der Waals surface area contributed by atoms with Gasteiger partial charge >= 0.3 is 5.97 Å². The highest BCUT2D eigenvalue weighted by Gasteiger charge is 2.31. The number of anilines is 2. The molecule has 170 valence electrons. The zero-order valence-corrected chi connectivity index (χ0v) is 18.8. The van der Waals surface area contributed by atoms with Crippen molar-refractivity contribution in [2.24, 2.45) is 0 Å². The van der Waals surface area contributed by atoms with Gasteiger partial charge in [0.1, 0.15) is 17.9 Å². The van der Waals surface area contributed by atoms with E-state index in [1.54, 1.807) is 6.33 Å². The highest BCUT2D eigenvalue weighted by atomic mass is 16.4. The van der Waals surface area contributed by atoms with Crippen molar-refractivity contribution < 1.29 is 9.90 Å². The molecule has 0 aliphatic carbocycles. The third kappa shape index (κ3) is 3.58. The summed E-state index contributed by atoms with van der Waals surface area (Å²) in [7, 11) is 0. The Morgan fingerprint density at radius 3 is 2.76 bits per heavy atom. The minimum Gasteiger partial charge on any atom is -0.480 e. The smallest absolute Gasteiger partial charge is 0.320 e. The first-order chi connectivity index (χ1) is 16.7. The third-order valence-corrected chi connectivity index (χ3v) is 6.92. The molecule has 0 bridgehead atoms. The molecular formula is C27H25N5O2. The number of likely N-dealkylation sites (tertiary alicyclic amines) is 1. The fourth-order valence-corrected chi connectivity index (χ4v) is 5.33. The van der Waals surface area contributed by atoms with Crippen LogP contribution < -0.4 is 4.90 Å². The van der Waals surface area contributed by atoms with Crippen LogP contribution in [0.2, 0.25) is 0 Å². The molecular weight excluding hydrogens is 426 g/mol. The molecule has 1 saturated heterocycles. The number of carbonyl (C=O) groups is 1. The molecule has 2 aliphatic rings. The number of benzene rings is 2. The van der Waals surface area contributed by atoms with Crippen LogP contribution in [-0.2, 0) is 17.8 Å². The third-order valence-electron chi connectivity index (χ3n) is 6.92. The Balaban J connectivity index is 1.34. The van der Waals surface area contributed by atoms with E-state index in [0.717, 1.165) is 54.0 Å². The number of aromatic nitrogens is 3. The van der Waals surface area contributed by atoms with Gasteiger partial charge in [-0.3, -0.25) is 14.7 Å². The van der Waals surface area contributed by atoms with Crippen LogP contribution in [-0.4, -0.2) is 50.1 Å². The molecule has 4 aromatic rings. The molecule has 2 aromatic carbocycles. The molecule has 0 spiro atoms. The summed E-state index contributed by atoms with van der Waals surface area (Å²) in [5.74, 6) is 0.0588. The van der Waals surface area contributed by atoms with E-state index in [2.05, 4.69) is 57.3 Å². The molecule has 1 atom stereocenters. The number of nitrogens with zero attached hydrogens (tertiary/aromatic N) is 5. The normalized spacial score (nSPS) is 17.9. The van der Waals surface area contributed by atoms with Crippen molar-refractivity contribution in [3.63, 3.8) is 0 Å². The largest absolute Gasteiger partial charge is 0.480 e. The molecule has 6 rings (SSSR count). The van der Waals surface area contributed by atoms with Gasteiger partial charge in [-0.05, 0) is 60.2 Å². The molecule has 0 saturated carbocycles. The summed E-state index contributed by atoms with van der Waals surface area (Å²) >= 11 is 0. The lowest BCUT2D eigenvalue weighted by molar-refractivity contribution is -0.142. The van der Waals surface area contributed by atoms with E-state index in [1.165, 1.54) is 16.7 Å². The van der Waals surface area contributed by atoms with E-state index in [-0.39, 0.29) is 0 Å². The Morgan fingerprint density at radius 1 is 1.03 bits per heavy atom. The Hall–Kier alpha value is -3.84. The van der Waals surface area contributed by atoms with Gasteiger partial charge in [-0.2, -0.15) is 0 Å². The molecule has 1 fully saturated rings. The van der Waals surface area contributed by atoms with Crippen molar-refractivity contribution in [3.8, 4) is 11.1 Å². The number of hydrogen-bond donors (Lipinski definition) is 1. The van der Waals surface area contributed by atoms with E-state index < -0.39 is 12.0 Å². The topological polar surface area (TPSA) is 82.5 Å². The van der Waals surface area contributed by atoms with E-state index in [4.69, 9.17) is 4.98 Å². The number of hydrogen-bond acceptors (Lipinski definition) is 6. The van der Waals surface area contributed by atoms with Crippen molar-refractivity contribution in [1.82, 2.24) is 19.9 Å². The first-order valence-corrected chi connectivity index (χ1v) is 11.7. The summed E-state index contributed by atoms with van der Waals surface area (Å²) in [6, 6.07) is 18.5. The summed E-state index contributed by atoms with van der Waals surface area (Å²) in [4.78, 5) is 29.6. The molecule has 7 heteroatoms. The SMILES string of the molecule is O=C(O)[C@H]1CCCN1Cc1cnc2c(N3CCc4c(-c5ccccc5)cccc43)ncnc2c1. The summed E-state index contributed by atoms with van der Waals surface area (Å²) < 4.78 is 0. The number of pyridine rings is 1. The summed E-state index contributed by atoms with van der Waals surface area (Å²) in [5.41, 5.74) is 7.48. The zero-order chi connectivity index (χ0) is 23.1. The predicted molar refractivity (Wildman–Crippen MR) is 131 cm³/mol. The number of fused-ring (bicyclic) bond motifs is 2. The van der Waals surface area contributed by atoms with Gasteiger partial charge in [-0.15, -0.1) is 0 Å². The van der Waals surface area contributed by atoms with Gasteiger partial charge in [-0.1, -0.05) is 42.5 Å². The average Bonchev–Trinajstić information content (AvgIpc) is 3.51.